The average Bonchev–Trinajstić information content (AvgIpc) is 2.67. The van der Waals surface area contributed by atoms with E-state index in [9.17, 15) is 4.79 Å². The predicted molar refractivity (Wildman–Crippen MR) is 73.1 cm³/mol. The molecule has 0 spiro atoms. The molecule has 1 aromatic rings. The lowest BCUT2D eigenvalue weighted by molar-refractivity contribution is -0.122. The largest absolute Gasteiger partial charge is 0.348 e. The summed E-state index contributed by atoms with van der Waals surface area (Å²) in [5, 5.41) is 3.08. The van der Waals surface area contributed by atoms with Gasteiger partial charge in [0.05, 0.1) is 6.04 Å². The Balaban J connectivity index is 1.95. The number of rotatable bonds is 5. The van der Waals surface area contributed by atoms with Crippen LogP contribution in [0.5, 0.6) is 0 Å². The summed E-state index contributed by atoms with van der Waals surface area (Å²) in [7, 11) is 0. The van der Waals surface area contributed by atoms with Crippen LogP contribution >= 0.6 is 0 Å². The van der Waals surface area contributed by atoms with Crippen molar-refractivity contribution >= 4 is 5.91 Å². The maximum absolute atomic E-state index is 11.9. The van der Waals surface area contributed by atoms with Gasteiger partial charge in [-0.1, -0.05) is 44.0 Å². The summed E-state index contributed by atoms with van der Waals surface area (Å²) in [6.07, 6.45) is 4.68. The van der Waals surface area contributed by atoms with Gasteiger partial charge in [-0.2, -0.15) is 0 Å². The Morgan fingerprint density at radius 1 is 1.39 bits per heavy atom. The van der Waals surface area contributed by atoms with Crippen molar-refractivity contribution in [2.75, 3.05) is 0 Å². The molecule has 0 saturated carbocycles. The van der Waals surface area contributed by atoms with E-state index >= 15 is 0 Å². The topological polar surface area (TPSA) is 55.1 Å². The fraction of sp³-hybridized carbons (Fsp3) is 0.533. The van der Waals surface area contributed by atoms with E-state index in [1.807, 2.05) is 12.1 Å². The van der Waals surface area contributed by atoms with E-state index in [4.69, 9.17) is 5.73 Å². The minimum atomic E-state index is -0.00433. The van der Waals surface area contributed by atoms with Crippen LogP contribution < -0.4 is 11.1 Å². The van der Waals surface area contributed by atoms with E-state index < -0.39 is 0 Å². The third-order valence-corrected chi connectivity index (χ3v) is 3.60. The van der Waals surface area contributed by atoms with Gasteiger partial charge in [-0.05, 0) is 24.0 Å². The van der Waals surface area contributed by atoms with Crippen molar-refractivity contribution in [2.24, 2.45) is 5.73 Å². The van der Waals surface area contributed by atoms with Gasteiger partial charge in [0.1, 0.15) is 0 Å². The fourth-order valence-corrected chi connectivity index (χ4v) is 2.59. The molecule has 2 atom stereocenters. The van der Waals surface area contributed by atoms with Gasteiger partial charge in [-0.25, -0.2) is 0 Å². The van der Waals surface area contributed by atoms with Crippen LogP contribution in [0.2, 0.25) is 0 Å². The lowest BCUT2D eigenvalue weighted by Gasteiger charge is -2.18. The molecule has 1 aromatic carbocycles. The number of unbranched alkanes of at least 4 members (excludes halogenated alkanes) is 2. The van der Waals surface area contributed by atoms with Crippen molar-refractivity contribution in [1.29, 1.82) is 0 Å². The van der Waals surface area contributed by atoms with Crippen LogP contribution in [0, 0.1) is 0 Å². The molecule has 2 unspecified atom stereocenters. The summed E-state index contributed by atoms with van der Waals surface area (Å²) in [5.74, 6) is 0.126. The maximum atomic E-state index is 11.9. The van der Waals surface area contributed by atoms with Crippen LogP contribution in [0.3, 0.4) is 0 Å². The highest BCUT2D eigenvalue weighted by Gasteiger charge is 2.30. The van der Waals surface area contributed by atoms with E-state index in [1.165, 1.54) is 11.1 Å². The van der Waals surface area contributed by atoms with Gasteiger partial charge in [0, 0.05) is 12.5 Å². The van der Waals surface area contributed by atoms with Crippen LogP contribution in [-0.2, 0) is 11.2 Å². The lowest BCUT2D eigenvalue weighted by Crippen LogP contribution is -2.38. The average molecular weight is 246 g/mol. The van der Waals surface area contributed by atoms with Gasteiger partial charge in [-0.3, -0.25) is 4.79 Å². The molecule has 0 fully saturated rings. The van der Waals surface area contributed by atoms with Crippen LogP contribution in [0.4, 0.5) is 0 Å². The second kappa shape index (κ2) is 6.01. The summed E-state index contributed by atoms with van der Waals surface area (Å²) in [5.41, 5.74) is 8.57. The van der Waals surface area contributed by atoms with Crippen molar-refractivity contribution < 1.29 is 4.79 Å². The first-order valence-corrected chi connectivity index (χ1v) is 6.85. The molecule has 1 aliphatic rings. The number of benzene rings is 1. The summed E-state index contributed by atoms with van der Waals surface area (Å²) in [6, 6.07) is 8.20. The standard InChI is InChI=1S/C15H22N2O/c1-2-3-4-9-14(18)17-15-12-8-6-5-7-11(12)10-13(15)16/h5-8,13,15H,2-4,9-10,16H2,1H3,(H,17,18). The molecule has 18 heavy (non-hydrogen) atoms. The number of amides is 1. The van der Waals surface area contributed by atoms with Gasteiger partial charge >= 0.3 is 0 Å². The van der Waals surface area contributed by atoms with Gasteiger partial charge in [0.2, 0.25) is 5.91 Å². The second-order valence-corrected chi connectivity index (χ2v) is 5.07. The van der Waals surface area contributed by atoms with Crippen molar-refractivity contribution in [3.63, 3.8) is 0 Å². The molecule has 1 aliphatic carbocycles. The Morgan fingerprint density at radius 3 is 2.94 bits per heavy atom. The van der Waals surface area contributed by atoms with Crippen LogP contribution in [0.25, 0.3) is 0 Å². The molecule has 3 heteroatoms. The monoisotopic (exact) mass is 246 g/mol. The Morgan fingerprint density at radius 2 is 2.17 bits per heavy atom. The third kappa shape index (κ3) is 2.91. The zero-order chi connectivity index (χ0) is 13.0. The molecule has 0 saturated heterocycles. The minimum Gasteiger partial charge on any atom is -0.348 e. The maximum Gasteiger partial charge on any atom is 0.220 e. The van der Waals surface area contributed by atoms with Crippen molar-refractivity contribution in [3.05, 3.63) is 35.4 Å². The van der Waals surface area contributed by atoms with Gasteiger partial charge in [-0.15, -0.1) is 0 Å². The number of carbonyl (C=O) groups is 1. The van der Waals surface area contributed by atoms with E-state index in [0.717, 1.165) is 25.7 Å². The SMILES string of the molecule is CCCCCC(=O)NC1c2ccccc2CC1N. The van der Waals surface area contributed by atoms with E-state index in [1.54, 1.807) is 0 Å². The smallest absolute Gasteiger partial charge is 0.220 e. The molecule has 3 N–H and O–H groups in total. The number of nitrogens with two attached hydrogens (primary N) is 1. The number of carbonyl (C=O) groups excluding carboxylic acids is 1. The molecular formula is C15H22N2O. The molecule has 0 heterocycles. The van der Waals surface area contributed by atoms with E-state index in [0.29, 0.717) is 6.42 Å². The van der Waals surface area contributed by atoms with Crippen LogP contribution in [0.1, 0.15) is 49.8 Å². The third-order valence-electron chi connectivity index (χ3n) is 3.60. The first-order chi connectivity index (χ1) is 8.72. The van der Waals surface area contributed by atoms with Gasteiger partial charge in [0.25, 0.3) is 0 Å². The molecule has 0 bridgehead atoms. The zero-order valence-electron chi connectivity index (χ0n) is 11.0. The highest BCUT2D eigenvalue weighted by atomic mass is 16.1. The number of fused-ring (bicyclic) bond motifs is 1. The highest BCUT2D eigenvalue weighted by molar-refractivity contribution is 5.76. The first-order valence-electron chi connectivity index (χ1n) is 6.85. The Hall–Kier alpha value is -1.35. The van der Waals surface area contributed by atoms with Gasteiger partial charge in [0.15, 0.2) is 0 Å². The zero-order valence-corrected chi connectivity index (χ0v) is 11.0. The van der Waals surface area contributed by atoms with E-state index in [2.05, 4.69) is 24.4 Å². The number of hydrogen-bond acceptors (Lipinski definition) is 2. The highest BCUT2D eigenvalue weighted by Crippen LogP contribution is 2.30. The van der Waals surface area contributed by atoms with E-state index in [-0.39, 0.29) is 18.0 Å². The first kappa shape index (κ1) is 13.1. The number of hydrogen-bond donors (Lipinski definition) is 2. The van der Waals surface area contributed by atoms with Crippen molar-refractivity contribution in [2.45, 2.75) is 51.1 Å². The van der Waals surface area contributed by atoms with Crippen molar-refractivity contribution in [3.8, 4) is 0 Å². The fourth-order valence-electron chi connectivity index (χ4n) is 2.59. The van der Waals surface area contributed by atoms with Crippen LogP contribution in [0.15, 0.2) is 24.3 Å². The molecule has 0 radical (unpaired) electrons. The molecule has 98 valence electrons. The summed E-state index contributed by atoms with van der Waals surface area (Å²) < 4.78 is 0. The minimum absolute atomic E-state index is 0.00433. The quantitative estimate of drug-likeness (QED) is 0.783. The second-order valence-electron chi connectivity index (χ2n) is 5.07. The normalized spacial score (nSPS) is 21.7. The Bertz CT molecular complexity index is 417. The van der Waals surface area contributed by atoms with Crippen molar-refractivity contribution in [1.82, 2.24) is 5.32 Å². The molecular weight excluding hydrogens is 224 g/mol. The molecule has 0 aromatic heterocycles. The summed E-state index contributed by atoms with van der Waals surface area (Å²) in [6.45, 7) is 2.14. The molecule has 0 aliphatic heterocycles. The molecule has 3 nitrogen and oxygen atoms in total. The Labute approximate surface area is 109 Å². The van der Waals surface area contributed by atoms with Gasteiger partial charge < -0.3 is 11.1 Å². The molecule has 2 rings (SSSR count). The lowest BCUT2D eigenvalue weighted by atomic mass is 10.1. The summed E-state index contributed by atoms with van der Waals surface area (Å²) >= 11 is 0. The predicted octanol–water partition coefficient (Wildman–Crippen LogP) is 2.31. The number of nitrogens with one attached hydrogen (secondary N) is 1. The summed E-state index contributed by atoms with van der Waals surface area (Å²) in [4.78, 5) is 11.9. The van der Waals surface area contributed by atoms with Crippen LogP contribution in [-0.4, -0.2) is 11.9 Å². The molecule has 1 amide bonds. The Kier molecular flexibility index (Phi) is 4.37.